The number of aromatic nitrogens is 1. The third kappa shape index (κ3) is 2.91. The molecule has 1 aliphatic heterocycles. The van der Waals surface area contributed by atoms with Crippen LogP contribution in [-0.4, -0.2) is 36.1 Å². The topological polar surface area (TPSA) is 28.2 Å². The Balaban J connectivity index is 2.01. The molecule has 106 valence electrons. The minimum absolute atomic E-state index is 0.896. The van der Waals surface area contributed by atoms with E-state index in [4.69, 9.17) is 4.98 Å². The Morgan fingerprint density at radius 1 is 1.25 bits per heavy atom. The van der Waals surface area contributed by atoms with E-state index < -0.39 is 0 Å². The lowest BCUT2D eigenvalue weighted by Crippen LogP contribution is -2.34. The lowest BCUT2D eigenvalue weighted by atomic mass is 10.1. The molecule has 4 heteroatoms. The predicted octanol–water partition coefficient (Wildman–Crippen LogP) is 2.90. The maximum Gasteiger partial charge on any atom is 0.133 e. The van der Waals surface area contributed by atoms with Gasteiger partial charge in [0.1, 0.15) is 5.82 Å². The number of anilines is 1. The van der Waals surface area contributed by atoms with Gasteiger partial charge >= 0.3 is 0 Å². The van der Waals surface area contributed by atoms with Gasteiger partial charge < -0.3 is 10.2 Å². The third-order valence-electron chi connectivity index (χ3n) is 3.66. The number of para-hydroxylation sites is 1. The highest BCUT2D eigenvalue weighted by Crippen LogP contribution is 2.25. The van der Waals surface area contributed by atoms with Crippen molar-refractivity contribution in [3.8, 4) is 0 Å². The van der Waals surface area contributed by atoms with E-state index in [-0.39, 0.29) is 0 Å². The van der Waals surface area contributed by atoms with Crippen LogP contribution in [0.4, 0.5) is 5.82 Å². The van der Waals surface area contributed by atoms with Crippen molar-refractivity contribution in [3.05, 3.63) is 35.9 Å². The summed E-state index contributed by atoms with van der Waals surface area (Å²) in [6, 6.07) is 10.7. The summed E-state index contributed by atoms with van der Waals surface area (Å²) in [6.45, 7) is 6.24. The molecule has 0 spiro atoms. The molecule has 20 heavy (non-hydrogen) atoms. The summed E-state index contributed by atoms with van der Waals surface area (Å²) in [5.74, 6) is 3.58. The van der Waals surface area contributed by atoms with E-state index in [1.165, 1.54) is 28.3 Å². The Bertz CT molecular complexity index is 579. The monoisotopic (exact) mass is 287 g/mol. The van der Waals surface area contributed by atoms with Crippen LogP contribution in [0.3, 0.4) is 0 Å². The van der Waals surface area contributed by atoms with Crippen LogP contribution in [0, 0.1) is 0 Å². The molecule has 1 aliphatic rings. The highest BCUT2D eigenvalue weighted by molar-refractivity contribution is 7.99. The molecule has 2 heterocycles. The zero-order valence-electron chi connectivity index (χ0n) is 11.9. The van der Waals surface area contributed by atoms with Crippen molar-refractivity contribution in [2.45, 2.75) is 13.5 Å². The predicted molar refractivity (Wildman–Crippen MR) is 88.7 cm³/mol. The van der Waals surface area contributed by atoms with Crippen molar-refractivity contribution in [1.82, 2.24) is 10.3 Å². The minimum Gasteiger partial charge on any atom is -0.355 e. The van der Waals surface area contributed by atoms with Crippen LogP contribution in [0.1, 0.15) is 12.5 Å². The summed E-state index contributed by atoms with van der Waals surface area (Å²) >= 11 is 2.04. The van der Waals surface area contributed by atoms with Crippen molar-refractivity contribution in [3.63, 3.8) is 0 Å². The largest absolute Gasteiger partial charge is 0.355 e. The summed E-state index contributed by atoms with van der Waals surface area (Å²) < 4.78 is 0. The number of hydrogen-bond donors (Lipinski definition) is 1. The van der Waals surface area contributed by atoms with Crippen molar-refractivity contribution in [2.24, 2.45) is 0 Å². The molecule has 0 bridgehead atoms. The molecule has 1 N–H and O–H groups in total. The fraction of sp³-hybridized carbons (Fsp3) is 0.438. The first kappa shape index (κ1) is 13.7. The lowest BCUT2D eigenvalue weighted by Gasteiger charge is -2.29. The average Bonchev–Trinajstić information content (AvgIpc) is 2.53. The van der Waals surface area contributed by atoms with Crippen molar-refractivity contribution in [2.75, 3.05) is 36.0 Å². The van der Waals surface area contributed by atoms with E-state index in [0.29, 0.717) is 0 Å². The molecule has 1 saturated heterocycles. The number of fused-ring (bicyclic) bond motifs is 1. The van der Waals surface area contributed by atoms with E-state index in [1.54, 1.807) is 0 Å². The number of benzene rings is 1. The molecule has 1 fully saturated rings. The van der Waals surface area contributed by atoms with Crippen molar-refractivity contribution < 1.29 is 0 Å². The van der Waals surface area contributed by atoms with Gasteiger partial charge in [0.2, 0.25) is 0 Å². The van der Waals surface area contributed by atoms with Gasteiger partial charge in [-0.05, 0) is 18.7 Å². The van der Waals surface area contributed by atoms with Gasteiger partial charge in [-0.1, -0.05) is 25.1 Å². The molecule has 3 rings (SSSR count). The summed E-state index contributed by atoms with van der Waals surface area (Å²) in [6.07, 6.45) is 0. The van der Waals surface area contributed by atoms with Gasteiger partial charge in [0.05, 0.1) is 5.52 Å². The second-order valence-electron chi connectivity index (χ2n) is 5.04. The molecular formula is C16H21N3S. The normalized spacial score (nSPS) is 15.8. The fourth-order valence-corrected chi connectivity index (χ4v) is 3.49. The van der Waals surface area contributed by atoms with Gasteiger partial charge in [0, 0.05) is 42.1 Å². The Hall–Kier alpha value is -1.26. The summed E-state index contributed by atoms with van der Waals surface area (Å²) in [5, 5.41) is 4.67. The van der Waals surface area contributed by atoms with Gasteiger partial charge in [-0.25, -0.2) is 4.98 Å². The van der Waals surface area contributed by atoms with Crippen LogP contribution in [0.2, 0.25) is 0 Å². The number of nitrogens with zero attached hydrogens (tertiary/aromatic N) is 2. The minimum atomic E-state index is 0.896. The van der Waals surface area contributed by atoms with E-state index in [9.17, 15) is 0 Å². The number of rotatable bonds is 4. The second-order valence-corrected chi connectivity index (χ2v) is 6.27. The summed E-state index contributed by atoms with van der Waals surface area (Å²) in [4.78, 5) is 7.37. The standard InChI is InChI=1S/C16H21N3S/c1-2-17-12-14-11-13-5-3-4-6-15(13)18-16(14)19-7-9-20-10-8-19/h3-6,11,17H,2,7-10,12H2,1H3. The Morgan fingerprint density at radius 3 is 2.85 bits per heavy atom. The molecule has 0 aliphatic carbocycles. The maximum absolute atomic E-state index is 4.93. The quantitative estimate of drug-likeness (QED) is 0.936. The first-order chi connectivity index (χ1) is 9.88. The number of hydrogen-bond acceptors (Lipinski definition) is 4. The van der Waals surface area contributed by atoms with Crippen molar-refractivity contribution >= 4 is 28.5 Å². The molecule has 3 nitrogen and oxygen atoms in total. The van der Waals surface area contributed by atoms with Crippen LogP contribution < -0.4 is 10.2 Å². The first-order valence-electron chi connectivity index (χ1n) is 7.30. The maximum atomic E-state index is 4.93. The Kier molecular flexibility index (Phi) is 4.43. The van der Waals surface area contributed by atoms with E-state index in [2.05, 4.69) is 47.5 Å². The Labute approximate surface area is 124 Å². The molecule has 0 unspecified atom stereocenters. The van der Waals surface area contributed by atoms with Gasteiger partial charge in [0.15, 0.2) is 0 Å². The van der Waals surface area contributed by atoms with E-state index >= 15 is 0 Å². The van der Waals surface area contributed by atoms with Gasteiger partial charge in [-0.15, -0.1) is 0 Å². The van der Waals surface area contributed by atoms with E-state index in [1.807, 2.05) is 11.8 Å². The Morgan fingerprint density at radius 2 is 2.05 bits per heavy atom. The highest BCUT2D eigenvalue weighted by Gasteiger charge is 2.16. The molecule has 0 radical (unpaired) electrons. The number of pyridine rings is 1. The molecule has 0 amide bonds. The summed E-state index contributed by atoms with van der Waals surface area (Å²) in [5.41, 5.74) is 2.42. The molecule has 2 aromatic rings. The van der Waals surface area contributed by atoms with Crippen LogP contribution in [-0.2, 0) is 6.54 Å². The third-order valence-corrected chi connectivity index (χ3v) is 4.60. The van der Waals surface area contributed by atoms with Crippen LogP contribution in [0.5, 0.6) is 0 Å². The van der Waals surface area contributed by atoms with Crippen LogP contribution in [0.25, 0.3) is 10.9 Å². The van der Waals surface area contributed by atoms with Crippen LogP contribution >= 0.6 is 11.8 Å². The smallest absolute Gasteiger partial charge is 0.133 e. The molecular weight excluding hydrogens is 266 g/mol. The first-order valence-corrected chi connectivity index (χ1v) is 8.46. The highest BCUT2D eigenvalue weighted by atomic mass is 32.2. The van der Waals surface area contributed by atoms with Crippen molar-refractivity contribution in [1.29, 1.82) is 0 Å². The summed E-state index contributed by atoms with van der Waals surface area (Å²) in [7, 11) is 0. The molecule has 0 atom stereocenters. The van der Waals surface area contributed by atoms with Gasteiger partial charge in [-0.3, -0.25) is 0 Å². The molecule has 1 aromatic carbocycles. The second kappa shape index (κ2) is 6.46. The number of nitrogens with one attached hydrogen (secondary N) is 1. The molecule has 0 saturated carbocycles. The average molecular weight is 287 g/mol. The zero-order chi connectivity index (χ0) is 13.8. The SMILES string of the molecule is CCNCc1cc2ccccc2nc1N1CCSCC1. The number of thioether (sulfide) groups is 1. The van der Waals surface area contributed by atoms with E-state index in [0.717, 1.165) is 31.7 Å². The molecule has 1 aromatic heterocycles. The van der Waals surface area contributed by atoms with Gasteiger partial charge in [0.25, 0.3) is 0 Å². The fourth-order valence-electron chi connectivity index (χ4n) is 2.59. The van der Waals surface area contributed by atoms with Gasteiger partial charge in [-0.2, -0.15) is 11.8 Å². The zero-order valence-corrected chi connectivity index (χ0v) is 12.7. The van der Waals surface area contributed by atoms with Crippen LogP contribution in [0.15, 0.2) is 30.3 Å². The lowest BCUT2D eigenvalue weighted by molar-refractivity contribution is 0.717.